The molecule has 100 valence electrons. The maximum absolute atomic E-state index is 11.0. The summed E-state index contributed by atoms with van der Waals surface area (Å²) in [5.74, 6) is -0.485. The number of ether oxygens (including phenoxy) is 1. The zero-order chi connectivity index (χ0) is 13.5. The number of unbranched alkanes of at least 4 members (excludes halogenated alkanes) is 1. The van der Waals surface area contributed by atoms with E-state index in [9.17, 15) is 9.36 Å². The maximum Gasteiger partial charge on any atom is 0.469 e. The number of phosphoric acid groups is 1. The van der Waals surface area contributed by atoms with Gasteiger partial charge in [-0.25, -0.2) is 9.36 Å². The molecule has 0 aromatic heterocycles. The molecule has 0 fully saturated rings. The first-order valence-electron chi connectivity index (χ1n) is 5.22. The van der Waals surface area contributed by atoms with Gasteiger partial charge in [0.15, 0.2) is 0 Å². The molecule has 7 heteroatoms. The third-order valence-corrected chi connectivity index (χ3v) is 2.50. The number of carbonyl (C=O) groups excluding carboxylic acids is 1. The Morgan fingerprint density at radius 3 is 2.47 bits per heavy atom. The fraction of sp³-hybridized carbons (Fsp3) is 0.700. The highest BCUT2D eigenvalue weighted by molar-refractivity contribution is 7.46. The van der Waals surface area contributed by atoms with Crippen LogP contribution in [0.25, 0.3) is 0 Å². The van der Waals surface area contributed by atoms with Gasteiger partial charge in [-0.05, 0) is 33.1 Å². The van der Waals surface area contributed by atoms with E-state index in [0.717, 1.165) is 6.08 Å². The van der Waals surface area contributed by atoms with Crippen LogP contribution in [-0.4, -0.2) is 28.0 Å². The lowest BCUT2D eigenvalue weighted by Gasteiger charge is -2.24. The Morgan fingerprint density at radius 1 is 1.41 bits per heavy atom. The largest absolute Gasteiger partial charge is 0.469 e. The van der Waals surface area contributed by atoms with E-state index in [2.05, 4.69) is 11.1 Å². The Labute approximate surface area is 101 Å². The Bertz CT molecular complexity index is 306. The highest BCUT2D eigenvalue weighted by atomic mass is 31.2. The minimum Gasteiger partial charge on any atom is -0.457 e. The van der Waals surface area contributed by atoms with Crippen molar-refractivity contribution >= 4 is 13.8 Å². The molecule has 0 unspecified atom stereocenters. The van der Waals surface area contributed by atoms with Crippen molar-refractivity contribution in [2.75, 3.05) is 6.61 Å². The number of rotatable bonds is 8. The van der Waals surface area contributed by atoms with Gasteiger partial charge in [-0.3, -0.25) is 4.52 Å². The normalized spacial score (nSPS) is 12.2. The summed E-state index contributed by atoms with van der Waals surface area (Å²) < 4.78 is 19.7. The van der Waals surface area contributed by atoms with Gasteiger partial charge in [-0.2, -0.15) is 0 Å². The summed E-state index contributed by atoms with van der Waals surface area (Å²) in [7, 11) is -4.37. The fourth-order valence-electron chi connectivity index (χ4n) is 1.20. The highest BCUT2D eigenvalue weighted by Gasteiger charge is 2.21. The van der Waals surface area contributed by atoms with Gasteiger partial charge in [0, 0.05) is 6.08 Å². The van der Waals surface area contributed by atoms with Crippen LogP contribution in [0.3, 0.4) is 0 Å². The third kappa shape index (κ3) is 10.2. The van der Waals surface area contributed by atoms with Crippen LogP contribution in [0.15, 0.2) is 12.7 Å². The number of hydrogen-bond acceptors (Lipinski definition) is 4. The van der Waals surface area contributed by atoms with E-state index in [1.54, 1.807) is 13.8 Å². The predicted octanol–water partition coefficient (Wildman–Crippen LogP) is 1.77. The van der Waals surface area contributed by atoms with E-state index in [1.165, 1.54) is 0 Å². The van der Waals surface area contributed by atoms with Crippen LogP contribution < -0.4 is 0 Å². The molecule has 0 atom stereocenters. The Kier molecular flexibility index (Phi) is 6.64. The van der Waals surface area contributed by atoms with Gasteiger partial charge < -0.3 is 14.5 Å². The summed E-state index contributed by atoms with van der Waals surface area (Å²) in [4.78, 5) is 27.9. The lowest BCUT2D eigenvalue weighted by Crippen LogP contribution is -2.27. The van der Waals surface area contributed by atoms with Crippen molar-refractivity contribution < 1.29 is 28.4 Å². The van der Waals surface area contributed by atoms with Crippen molar-refractivity contribution in [3.8, 4) is 0 Å². The monoisotopic (exact) mass is 266 g/mol. The molecule has 0 spiro atoms. The standard InChI is InChI=1S/C10H19O6P/c1-4-9(11)16-10(2,3)7-5-6-8-15-17(12,13)14/h4H,1,5-8H2,2-3H3,(H2,12,13,14). The third-order valence-electron chi connectivity index (χ3n) is 1.98. The van der Waals surface area contributed by atoms with Crippen molar-refractivity contribution in [2.24, 2.45) is 0 Å². The lowest BCUT2D eigenvalue weighted by molar-refractivity contribution is -0.150. The first kappa shape index (κ1) is 16.3. The molecule has 0 aliphatic heterocycles. The van der Waals surface area contributed by atoms with Crippen molar-refractivity contribution in [3.05, 3.63) is 12.7 Å². The van der Waals surface area contributed by atoms with Gasteiger partial charge in [0.2, 0.25) is 0 Å². The smallest absolute Gasteiger partial charge is 0.457 e. The molecule has 0 aromatic carbocycles. The van der Waals surface area contributed by atoms with Crippen LogP contribution in [0.2, 0.25) is 0 Å². The highest BCUT2D eigenvalue weighted by Crippen LogP contribution is 2.35. The molecule has 0 aliphatic carbocycles. The van der Waals surface area contributed by atoms with Gasteiger partial charge in [-0.1, -0.05) is 6.58 Å². The minimum absolute atomic E-state index is 0.0181. The van der Waals surface area contributed by atoms with Crippen LogP contribution in [0.1, 0.15) is 33.1 Å². The molecule has 2 N–H and O–H groups in total. The SMILES string of the molecule is C=CC(=O)OC(C)(C)CCCCOP(=O)(O)O. The molecule has 0 aliphatic rings. The maximum atomic E-state index is 11.0. The molecule has 0 heterocycles. The molecule has 0 amide bonds. The molecule has 17 heavy (non-hydrogen) atoms. The van der Waals surface area contributed by atoms with E-state index in [0.29, 0.717) is 19.3 Å². The minimum atomic E-state index is -4.37. The van der Waals surface area contributed by atoms with Crippen molar-refractivity contribution in [1.82, 2.24) is 0 Å². The van der Waals surface area contributed by atoms with E-state index >= 15 is 0 Å². The second-order valence-corrected chi connectivity index (χ2v) is 5.41. The Balaban J connectivity index is 3.76. The molecule has 0 bridgehead atoms. The summed E-state index contributed by atoms with van der Waals surface area (Å²) in [6, 6.07) is 0. The quantitative estimate of drug-likeness (QED) is 0.301. The predicted molar refractivity (Wildman–Crippen MR) is 62.2 cm³/mol. The number of phosphoric ester groups is 1. The molecule has 6 nitrogen and oxygen atoms in total. The van der Waals surface area contributed by atoms with E-state index in [-0.39, 0.29) is 6.61 Å². The van der Waals surface area contributed by atoms with Crippen molar-refractivity contribution in [2.45, 2.75) is 38.7 Å². The molecule has 0 rings (SSSR count). The summed E-state index contributed by atoms with van der Waals surface area (Å²) in [5.41, 5.74) is -0.618. The zero-order valence-corrected chi connectivity index (χ0v) is 11.0. The van der Waals surface area contributed by atoms with Crippen molar-refractivity contribution in [3.63, 3.8) is 0 Å². The molecule has 0 saturated carbocycles. The Hall–Kier alpha value is -0.680. The fourth-order valence-corrected chi connectivity index (χ4v) is 1.57. The van der Waals surface area contributed by atoms with E-state index in [4.69, 9.17) is 14.5 Å². The molecule has 0 radical (unpaired) electrons. The average Bonchev–Trinajstić information content (AvgIpc) is 2.14. The average molecular weight is 266 g/mol. The van der Waals surface area contributed by atoms with Gasteiger partial charge in [-0.15, -0.1) is 0 Å². The van der Waals surface area contributed by atoms with Gasteiger partial charge in [0.25, 0.3) is 0 Å². The van der Waals surface area contributed by atoms with Crippen LogP contribution in [0, 0.1) is 0 Å². The molecular formula is C10H19O6P. The lowest BCUT2D eigenvalue weighted by atomic mass is 10.0. The first-order chi connectivity index (χ1) is 7.66. The van der Waals surface area contributed by atoms with E-state index < -0.39 is 19.4 Å². The number of carbonyl (C=O) groups is 1. The van der Waals surface area contributed by atoms with Crippen LogP contribution in [0.5, 0.6) is 0 Å². The zero-order valence-electron chi connectivity index (χ0n) is 10.1. The van der Waals surface area contributed by atoms with Crippen LogP contribution >= 0.6 is 7.82 Å². The number of hydrogen-bond donors (Lipinski definition) is 2. The topological polar surface area (TPSA) is 93.1 Å². The van der Waals surface area contributed by atoms with Crippen LogP contribution in [-0.2, 0) is 18.6 Å². The van der Waals surface area contributed by atoms with Crippen molar-refractivity contribution in [1.29, 1.82) is 0 Å². The summed E-state index contributed by atoms with van der Waals surface area (Å²) in [6.45, 7) is 6.81. The summed E-state index contributed by atoms with van der Waals surface area (Å²) in [5, 5.41) is 0. The van der Waals surface area contributed by atoms with Gasteiger partial charge in [0.05, 0.1) is 6.61 Å². The van der Waals surface area contributed by atoms with E-state index in [1.807, 2.05) is 0 Å². The molecular weight excluding hydrogens is 247 g/mol. The number of esters is 1. The first-order valence-corrected chi connectivity index (χ1v) is 6.75. The summed E-state index contributed by atoms with van der Waals surface area (Å²) >= 11 is 0. The van der Waals surface area contributed by atoms with Crippen LogP contribution in [0.4, 0.5) is 0 Å². The summed E-state index contributed by atoms with van der Waals surface area (Å²) in [6.07, 6.45) is 2.80. The van der Waals surface area contributed by atoms with Gasteiger partial charge >= 0.3 is 13.8 Å². The van der Waals surface area contributed by atoms with Gasteiger partial charge in [0.1, 0.15) is 5.60 Å². The molecule has 0 saturated heterocycles. The Morgan fingerprint density at radius 2 is 2.00 bits per heavy atom. The molecule has 0 aromatic rings. The second kappa shape index (κ2) is 6.91. The second-order valence-electron chi connectivity index (χ2n) is 4.17.